The summed E-state index contributed by atoms with van der Waals surface area (Å²) in [6.45, 7) is 4.27. The second-order valence-corrected chi connectivity index (χ2v) is 4.14. The maximum atomic E-state index is 11.4. The Hall–Kier alpha value is -1.83. The van der Waals surface area contributed by atoms with Gasteiger partial charge in [0.05, 0.1) is 12.7 Å². The highest BCUT2D eigenvalue weighted by atomic mass is 16.5. The molecule has 19 heavy (non-hydrogen) atoms. The van der Waals surface area contributed by atoms with E-state index < -0.39 is 24.0 Å². The highest BCUT2D eigenvalue weighted by Crippen LogP contribution is 1.97. The molecule has 0 spiro atoms. The number of aliphatic carboxylic acids is 2. The van der Waals surface area contributed by atoms with E-state index in [9.17, 15) is 14.4 Å². The number of urea groups is 1. The minimum Gasteiger partial charge on any atom is -0.481 e. The number of rotatable bonds is 9. The average molecular weight is 276 g/mol. The van der Waals surface area contributed by atoms with Crippen molar-refractivity contribution in [3.63, 3.8) is 0 Å². The van der Waals surface area contributed by atoms with Gasteiger partial charge in [0.25, 0.3) is 0 Å². The van der Waals surface area contributed by atoms with Crippen molar-refractivity contribution in [1.82, 2.24) is 10.6 Å². The Labute approximate surface area is 111 Å². The zero-order valence-corrected chi connectivity index (χ0v) is 11.0. The van der Waals surface area contributed by atoms with E-state index in [0.717, 1.165) is 0 Å². The Morgan fingerprint density at radius 1 is 1.21 bits per heavy atom. The smallest absolute Gasteiger partial charge is 0.326 e. The van der Waals surface area contributed by atoms with Gasteiger partial charge in [0.15, 0.2) is 0 Å². The third-order valence-electron chi connectivity index (χ3n) is 2.09. The van der Waals surface area contributed by atoms with Gasteiger partial charge >= 0.3 is 18.0 Å². The van der Waals surface area contributed by atoms with Crippen molar-refractivity contribution in [2.24, 2.45) is 0 Å². The molecule has 4 N–H and O–H groups in total. The summed E-state index contributed by atoms with van der Waals surface area (Å²) in [6.07, 6.45) is -0.443. The van der Waals surface area contributed by atoms with E-state index >= 15 is 0 Å². The summed E-state index contributed by atoms with van der Waals surface area (Å²) in [4.78, 5) is 32.5. The van der Waals surface area contributed by atoms with Crippen LogP contribution in [-0.2, 0) is 14.3 Å². The lowest BCUT2D eigenvalue weighted by Crippen LogP contribution is -2.47. The number of nitrogens with one attached hydrogen (secondary N) is 2. The molecule has 0 heterocycles. The number of amides is 2. The third-order valence-corrected chi connectivity index (χ3v) is 2.09. The van der Waals surface area contributed by atoms with Gasteiger partial charge in [-0.1, -0.05) is 0 Å². The van der Waals surface area contributed by atoms with E-state index in [0.29, 0.717) is 6.61 Å². The van der Waals surface area contributed by atoms with Gasteiger partial charge in [0.1, 0.15) is 6.04 Å². The number of carboxylic acid groups (broad SMARTS) is 2. The van der Waals surface area contributed by atoms with Crippen LogP contribution >= 0.6 is 0 Å². The number of carboxylic acids is 2. The van der Waals surface area contributed by atoms with Crippen LogP contribution in [0.5, 0.6) is 0 Å². The molecule has 0 aromatic carbocycles. The largest absolute Gasteiger partial charge is 0.481 e. The average Bonchev–Trinajstić information content (AvgIpc) is 2.29. The molecule has 0 aliphatic carbocycles. The van der Waals surface area contributed by atoms with Crippen LogP contribution in [0.25, 0.3) is 0 Å². The molecule has 1 atom stereocenters. The summed E-state index contributed by atoms with van der Waals surface area (Å²) >= 11 is 0. The van der Waals surface area contributed by atoms with Crippen LogP contribution in [0.2, 0.25) is 0 Å². The fourth-order valence-corrected chi connectivity index (χ4v) is 1.19. The highest BCUT2D eigenvalue weighted by Gasteiger charge is 2.20. The Balaban J connectivity index is 3.96. The van der Waals surface area contributed by atoms with Gasteiger partial charge in [0.2, 0.25) is 0 Å². The Morgan fingerprint density at radius 2 is 1.84 bits per heavy atom. The molecule has 0 rings (SSSR count). The van der Waals surface area contributed by atoms with Crippen molar-refractivity contribution in [3.8, 4) is 0 Å². The zero-order chi connectivity index (χ0) is 14.8. The molecule has 0 saturated carbocycles. The van der Waals surface area contributed by atoms with Crippen molar-refractivity contribution in [1.29, 1.82) is 0 Å². The van der Waals surface area contributed by atoms with Crippen molar-refractivity contribution in [3.05, 3.63) is 0 Å². The first-order chi connectivity index (χ1) is 8.82. The minimum atomic E-state index is -1.27. The van der Waals surface area contributed by atoms with Crippen LogP contribution in [0.1, 0.15) is 26.7 Å². The highest BCUT2D eigenvalue weighted by molar-refractivity contribution is 5.82. The molecular formula is C11H20N2O6. The molecule has 0 saturated heterocycles. The molecule has 0 fully saturated rings. The lowest BCUT2D eigenvalue weighted by Gasteiger charge is -2.14. The topological polar surface area (TPSA) is 125 Å². The maximum absolute atomic E-state index is 11.4. The van der Waals surface area contributed by atoms with Gasteiger partial charge in [0, 0.05) is 13.0 Å². The SMILES string of the molecule is CC(C)OCCNC(=O)NC(CCC(=O)O)C(=O)O. The van der Waals surface area contributed by atoms with E-state index in [-0.39, 0.29) is 25.5 Å². The number of hydrogen-bond acceptors (Lipinski definition) is 4. The van der Waals surface area contributed by atoms with E-state index in [4.69, 9.17) is 14.9 Å². The Kier molecular flexibility index (Phi) is 8.27. The summed E-state index contributed by atoms with van der Waals surface area (Å²) in [5.74, 6) is -2.38. The molecule has 0 bridgehead atoms. The predicted molar refractivity (Wildman–Crippen MR) is 65.9 cm³/mol. The molecule has 0 aromatic rings. The quantitative estimate of drug-likeness (QED) is 0.440. The lowest BCUT2D eigenvalue weighted by molar-refractivity contribution is -0.140. The van der Waals surface area contributed by atoms with Crippen molar-refractivity contribution in [2.45, 2.75) is 38.8 Å². The molecule has 1 unspecified atom stereocenters. The molecule has 8 heteroatoms. The molecular weight excluding hydrogens is 256 g/mol. The van der Waals surface area contributed by atoms with Crippen LogP contribution in [0.15, 0.2) is 0 Å². The standard InChI is InChI=1S/C11H20N2O6/c1-7(2)19-6-5-12-11(18)13-8(10(16)17)3-4-9(14)15/h7-8H,3-6H2,1-2H3,(H,14,15)(H,16,17)(H2,12,13,18). The fourth-order valence-electron chi connectivity index (χ4n) is 1.19. The first kappa shape index (κ1) is 17.2. The lowest BCUT2D eigenvalue weighted by atomic mass is 10.1. The fraction of sp³-hybridized carbons (Fsp3) is 0.727. The second-order valence-electron chi connectivity index (χ2n) is 4.14. The van der Waals surface area contributed by atoms with Gasteiger partial charge in [-0.05, 0) is 20.3 Å². The van der Waals surface area contributed by atoms with E-state index in [1.54, 1.807) is 0 Å². The number of hydrogen-bond donors (Lipinski definition) is 4. The normalized spacial score (nSPS) is 11.9. The first-order valence-corrected chi connectivity index (χ1v) is 5.93. The summed E-state index contributed by atoms with van der Waals surface area (Å²) in [5, 5.41) is 21.9. The molecule has 2 amide bonds. The minimum absolute atomic E-state index is 0.0483. The molecule has 0 aromatic heterocycles. The van der Waals surface area contributed by atoms with Crippen LogP contribution in [0.4, 0.5) is 4.79 Å². The predicted octanol–water partition coefficient (Wildman–Crippen LogP) is 0.0286. The number of carbonyl (C=O) groups excluding carboxylic acids is 1. The van der Waals surface area contributed by atoms with E-state index in [1.807, 2.05) is 13.8 Å². The first-order valence-electron chi connectivity index (χ1n) is 5.93. The molecule has 0 radical (unpaired) electrons. The van der Waals surface area contributed by atoms with Gasteiger partial charge in [-0.15, -0.1) is 0 Å². The van der Waals surface area contributed by atoms with Gasteiger partial charge < -0.3 is 25.6 Å². The van der Waals surface area contributed by atoms with Crippen LogP contribution in [0, 0.1) is 0 Å². The zero-order valence-electron chi connectivity index (χ0n) is 11.0. The number of carbonyl (C=O) groups is 3. The maximum Gasteiger partial charge on any atom is 0.326 e. The summed E-state index contributed by atoms with van der Waals surface area (Å²) in [5.41, 5.74) is 0. The van der Waals surface area contributed by atoms with Crippen molar-refractivity contribution >= 4 is 18.0 Å². The van der Waals surface area contributed by atoms with Crippen LogP contribution < -0.4 is 10.6 Å². The van der Waals surface area contributed by atoms with Crippen LogP contribution in [-0.4, -0.2) is 53.5 Å². The summed E-state index contributed by atoms with van der Waals surface area (Å²) in [7, 11) is 0. The molecule has 110 valence electrons. The third kappa shape index (κ3) is 9.83. The van der Waals surface area contributed by atoms with Crippen molar-refractivity contribution in [2.75, 3.05) is 13.2 Å². The van der Waals surface area contributed by atoms with E-state index in [1.165, 1.54) is 0 Å². The van der Waals surface area contributed by atoms with Crippen molar-refractivity contribution < 1.29 is 29.3 Å². The summed E-state index contributed by atoms with van der Waals surface area (Å²) in [6, 6.07) is -1.88. The summed E-state index contributed by atoms with van der Waals surface area (Å²) < 4.78 is 5.19. The van der Waals surface area contributed by atoms with Gasteiger partial charge in [-0.25, -0.2) is 9.59 Å². The Morgan fingerprint density at radius 3 is 2.32 bits per heavy atom. The monoisotopic (exact) mass is 276 g/mol. The van der Waals surface area contributed by atoms with E-state index in [2.05, 4.69) is 10.6 Å². The molecule has 0 aliphatic heterocycles. The van der Waals surface area contributed by atoms with Gasteiger partial charge in [-0.2, -0.15) is 0 Å². The molecule has 0 aliphatic rings. The van der Waals surface area contributed by atoms with Gasteiger partial charge in [-0.3, -0.25) is 4.79 Å². The second kappa shape index (κ2) is 9.15. The number of ether oxygens (including phenoxy) is 1. The Bertz CT molecular complexity index is 318. The van der Waals surface area contributed by atoms with Crippen LogP contribution in [0.3, 0.4) is 0 Å². The molecule has 8 nitrogen and oxygen atoms in total.